The highest BCUT2D eigenvalue weighted by Crippen LogP contribution is 2.40. The first-order valence-electron chi connectivity index (χ1n) is 19.0. The molecule has 56 heavy (non-hydrogen) atoms. The summed E-state index contributed by atoms with van der Waals surface area (Å²) in [6.45, 7) is 0. The van der Waals surface area contributed by atoms with Crippen LogP contribution < -0.4 is 0 Å². The van der Waals surface area contributed by atoms with Gasteiger partial charge in [-0.1, -0.05) is 152 Å². The summed E-state index contributed by atoms with van der Waals surface area (Å²) < 4.78 is 4.72. The Morgan fingerprint density at radius 2 is 0.804 bits per heavy atom. The van der Waals surface area contributed by atoms with Gasteiger partial charge in [-0.3, -0.25) is 0 Å². The van der Waals surface area contributed by atoms with E-state index in [1.807, 2.05) is 30.5 Å². The van der Waals surface area contributed by atoms with Gasteiger partial charge in [-0.15, -0.1) is 0 Å². The highest BCUT2D eigenvalue weighted by molar-refractivity contribution is 6.13. The van der Waals surface area contributed by atoms with E-state index in [1.165, 1.54) is 54.8 Å². The van der Waals surface area contributed by atoms with E-state index < -0.39 is 0 Å². The first kappa shape index (κ1) is 31.9. The number of nitrogens with zero attached hydrogens (tertiary/aromatic N) is 4. The van der Waals surface area contributed by atoms with Crippen molar-refractivity contribution in [1.29, 1.82) is 0 Å². The van der Waals surface area contributed by atoms with Gasteiger partial charge in [0.2, 0.25) is 0 Å². The number of aromatic nitrogens is 4. The zero-order valence-electron chi connectivity index (χ0n) is 30.4. The van der Waals surface area contributed by atoms with Crippen LogP contribution in [0.1, 0.15) is 0 Å². The summed E-state index contributed by atoms with van der Waals surface area (Å²) in [5.41, 5.74) is 14.4. The summed E-state index contributed by atoms with van der Waals surface area (Å²) in [7, 11) is 0. The zero-order chi connectivity index (χ0) is 37.0. The number of para-hydroxylation sites is 2. The van der Waals surface area contributed by atoms with Crippen molar-refractivity contribution in [3.63, 3.8) is 0 Å². The van der Waals surface area contributed by atoms with E-state index in [4.69, 9.17) is 9.97 Å². The molecule has 4 nitrogen and oxygen atoms in total. The van der Waals surface area contributed by atoms with Gasteiger partial charge in [0.05, 0.1) is 39.6 Å². The van der Waals surface area contributed by atoms with Gasteiger partial charge in [0, 0.05) is 38.4 Å². The van der Waals surface area contributed by atoms with Crippen LogP contribution >= 0.6 is 0 Å². The second-order valence-electron chi connectivity index (χ2n) is 14.2. The van der Waals surface area contributed by atoms with Gasteiger partial charge >= 0.3 is 0 Å². The molecule has 0 aliphatic rings. The fourth-order valence-electron chi connectivity index (χ4n) is 8.37. The SMILES string of the molecule is c1ccc(-c2cccc(-n3c4ccccc4c4cc(-c5ccc6c(c5)c5ccccc5n6-c5cnc(-c6ccccc6)nc5-c5ccccc5)ccc43)c2)cc1. The van der Waals surface area contributed by atoms with Crippen LogP contribution in [0.3, 0.4) is 0 Å². The first-order valence-corrected chi connectivity index (χ1v) is 19.0. The minimum Gasteiger partial charge on any atom is -0.309 e. The van der Waals surface area contributed by atoms with E-state index >= 15 is 0 Å². The summed E-state index contributed by atoms with van der Waals surface area (Å²) >= 11 is 0. The number of rotatable bonds is 6. The molecule has 0 bridgehead atoms. The summed E-state index contributed by atoms with van der Waals surface area (Å²) in [4.78, 5) is 10.1. The predicted octanol–water partition coefficient (Wildman–Crippen LogP) is 13.3. The quantitative estimate of drug-likeness (QED) is 0.172. The molecule has 4 heteroatoms. The Hall–Kier alpha value is -7.56. The van der Waals surface area contributed by atoms with E-state index in [9.17, 15) is 0 Å². The molecule has 0 atom stereocenters. The average molecular weight is 715 g/mol. The van der Waals surface area contributed by atoms with Gasteiger partial charge in [0.25, 0.3) is 0 Å². The van der Waals surface area contributed by atoms with Crippen LogP contribution in [0.5, 0.6) is 0 Å². The number of benzene rings is 8. The lowest BCUT2D eigenvalue weighted by Crippen LogP contribution is -2.02. The molecule has 0 spiro atoms. The second-order valence-corrected chi connectivity index (χ2v) is 14.2. The summed E-state index contributed by atoms with van der Waals surface area (Å²) in [5.74, 6) is 0.705. The van der Waals surface area contributed by atoms with E-state index in [0.717, 1.165) is 39.2 Å². The van der Waals surface area contributed by atoms with Crippen LogP contribution in [0.25, 0.3) is 99.9 Å². The van der Waals surface area contributed by atoms with Crippen molar-refractivity contribution in [1.82, 2.24) is 19.1 Å². The molecule has 0 N–H and O–H groups in total. The fraction of sp³-hybridized carbons (Fsp3) is 0. The molecule has 3 heterocycles. The lowest BCUT2D eigenvalue weighted by atomic mass is 10.0. The van der Waals surface area contributed by atoms with Crippen molar-refractivity contribution in [3.05, 3.63) is 206 Å². The van der Waals surface area contributed by atoms with Crippen molar-refractivity contribution in [3.8, 4) is 56.3 Å². The third kappa shape index (κ3) is 5.23. The van der Waals surface area contributed by atoms with E-state index in [0.29, 0.717) is 5.82 Å². The van der Waals surface area contributed by atoms with Crippen LogP contribution in [-0.2, 0) is 0 Å². The largest absolute Gasteiger partial charge is 0.309 e. The molecule has 11 aromatic rings. The molecule has 0 fully saturated rings. The summed E-state index contributed by atoms with van der Waals surface area (Å²) in [5, 5.41) is 4.84. The van der Waals surface area contributed by atoms with Crippen molar-refractivity contribution in [2.75, 3.05) is 0 Å². The zero-order valence-corrected chi connectivity index (χ0v) is 30.4. The Morgan fingerprint density at radius 1 is 0.321 bits per heavy atom. The first-order chi connectivity index (χ1) is 27.8. The van der Waals surface area contributed by atoms with Gasteiger partial charge in [0.15, 0.2) is 5.82 Å². The lowest BCUT2D eigenvalue weighted by Gasteiger charge is -2.14. The second kappa shape index (κ2) is 13.1. The van der Waals surface area contributed by atoms with Gasteiger partial charge in [-0.25, -0.2) is 9.97 Å². The van der Waals surface area contributed by atoms with Crippen LogP contribution in [0, 0.1) is 0 Å². The molecule has 0 amide bonds. The lowest BCUT2D eigenvalue weighted by molar-refractivity contribution is 1.09. The fourth-order valence-corrected chi connectivity index (χ4v) is 8.37. The molecule has 0 aliphatic carbocycles. The standard InChI is InChI=1S/C52H34N4/c1-4-15-35(16-5-1)38-21-14-22-41(31-38)55-46-25-12-10-23-42(46)44-32-39(27-29-48(44)55)40-28-30-49-45(33-40)43-24-11-13-26-47(43)56(49)50-34-53-52(37-19-8-3-9-20-37)54-51(50)36-17-6-2-7-18-36/h1-34H. The average Bonchev–Trinajstić information content (AvgIpc) is 3.79. The number of hydrogen-bond acceptors (Lipinski definition) is 2. The van der Waals surface area contributed by atoms with E-state index in [-0.39, 0.29) is 0 Å². The molecular weight excluding hydrogens is 681 g/mol. The molecule has 0 radical (unpaired) electrons. The normalized spacial score (nSPS) is 11.6. The Morgan fingerprint density at radius 3 is 1.45 bits per heavy atom. The molecule has 0 saturated heterocycles. The minimum atomic E-state index is 0.705. The van der Waals surface area contributed by atoms with Gasteiger partial charge in [0.1, 0.15) is 0 Å². The van der Waals surface area contributed by atoms with Crippen LogP contribution in [0.2, 0.25) is 0 Å². The molecule has 11 rings (SSSR count). The van der Waals surface area contributed by atoms with Crippen LogP contribution in [-0.4, -0.2) is 19.1 Å². The maximum Gasteiger partial charge on any atom is 0.159 e. The molecule has 0 aliphatic heterocycles. The third-order valence-electron chi connectivity index (χ3n) is 11.0. The topological polar surface area (TPSA) is 35.6 Å². The molecule has 0 unspecified atom stereocenters. The summed E-state index contributed by atoms with van der Waals surface area (Å²) in [6, 6.07) is 71.2. The Labute approximate surface area is 324 Å². The van der Waals surface area contributed by atoms with Crippen molar-refractivity contribution in [2.24, 2.45) is 0 Å². The van der Waals surface area contributed by atoms with Crippen molar-refractivity contribution >= 4 is 43.6 Å². The predicted molar refractivity (Wildman–Crippen MR) is 232 cm³/mol. The van der Waals surface area contributed by atoms with Gasteiger partial charge in [-0.2, -0.15) is 0 Å². The van der Waals surface area contributed by atoms with Crippen LogP contribution in [0.15, 0.2) is 206 Å². The van der Waals surface area contributed by atoms with E-state index in [1.54, 1.807) is 0 Å². The highest BCUT2D eigenvalue weighted by atomic mass is 15.0. The molecule has 3 aromatic heterocycles. The van der Waals surface area contributed by atoms with Crippen molar-refractivity contribution in [2.45, 2.75) is 0 Å². The Bertz CT molecular complexity index is 3230. The van der Waals surface area contributed by atoms with Crippen LogP contribution in [0.4, 0.5) is 0 Å². The van der Waals surface area contributed by atoms with E-state index in [2.05, 4.69) is 185 Å². The summed E-state index contributed by atoms with van der Waals surface area (Å²) in [6.07, 6.45) is 1.98. The number of fused-ring (bicyclic) bond motifs is 6. The third-order valence-corrected chi connectivity index (χ3v) is 11.0. The Kier molecular flexibility index (Phi) is 7.46. The van der Waals surface area contributed by atoms with Crippen molar-refractivity contribution < 1.29 is 0 Å². The smallest absolute Gasteiger partial charge is 0.159 e. The molecule has 0 saturated carbocycles. The highest BCUT2D eigenvalue weighted by Gasteiger charge is 2.20. The molecule has 262 valence electrons. The van der Waals surface area contributed by atoms with Gasteiger partial charge in [-0.05, 0) is 70.8 Å². The number of hydrogen-bond donors (Lipinski definition) is 0. The monoisotopic (exact) mass is 714 g/mol. The molecular formula is C52H34N4. The maximum atomic E-state index is 5.21. The maximum absolute atomic E-state index is 5.21. The van der Waals surface area contributed by atoms with Gasteiger partial charge < -0.3 is 9.13 Å². The molecule has 8 aromatic carbocycles. The Balaban J connectivity index is 1.07. The minimum absolute atomic E-state index is 0.705.